The monoisotopic (exact) mass is 275 g/mol. The fraction of sp³-hybridized carbons (Fsp3) is 0.375. The largest absolute Gasteiger partial charge is 0.294 e. The fourth-order valence-corrected chi connectivity index (χ4v) is 2.74. The van der Waals surface area contributed by atoms with Gasteiger partial charge in [0.15, 0.2) is 5.78 Å². The molecule has 3 rings (SSSR count). The maximum Gasteiger partial charge on any atom is 0.248 e. The van der Waals surface area contributed by atoms with Gasteiger partial charge in [-0.2, -0.15) is 0 Å². The first-order valence-corrected chi connectivity index (χ1v) is 6.82. The van der Waals surface area contributed by atoms with E-state index in [1.54, 1.807) is 12.3 Å². The average molecular weight is 275 g/mol. The molecule has 4 heteroatoms. The number of carbonyl (C=O) groups is 1. The lowest BCUT2D eigenvalue weighted by atomic mass is 9.82. The standard InChI is InChI=1S/C16H15F2NO/c17-16(18)7-5-11(6-8-16)15(20)13-9-12-3-1-2-4-14(12)19-10-13/h1-4,9-11H,5-8H2. The summed E-state index contributed by atoms with van der Waals surface area (Å²) in [6.07, 6.45) is 1.70. The summed E-state index contributed by atoms with van der Waals surface area (Å²) < 4.78 is 26.3. The number of alkyl halides is 2. The number of Topliss-reactive ketones (excluding diaryl/α,β-unsaturated/α-hetero) is 1. The van der Waals surface area contributed by atoms with Crippen molar-refractivity contribution in [1.29, 1.82) is 0 Å². The number of benzene rings is 1. The molecule has 1 aliphatic carbocycles. The fourth-order valence-electron chi connectivity index (χ4n) is 2.74. The van der Waals surface area contributed by atoms with E-state index in [4.69, 9.17) is 0 Å². The summed E-state index contributed by atoms with van der Waals surface area (Å²) in [6.45, 7) is 0. The number of fused-ring (bicyclic) bond motifs is 1. The SMILES string of the molecule is O=C(c1cnc2ccccc2c1)C1CCC(F)(F)CC1. The van der Waals surface area contributed by atoms with Gasteiger partial charge in [0.2, 0.25) is 5.92 Å². The molecule has 104 valence electrons. The van der Waals surface area contributed by atoms with Gasteiger partial charge in [-0.3, -0.25) is 9.78 Å². The molecule has 20 heavy (non-hydrogen) atoms. The summed E-state index contributed by atoms with van der Waals surface area (Å²) in [4.78, 5) is 16.6. The second-order valence-corrected chi connectivity index (χ2v) is 5.41. The van der Waals surface area contributed by atoms with Gasteiger partial charge in [0.1, 0.15) is 0 Å². The van der Waals surface area contributed by atoms with E-state index in [2.05, 4.69) is 4.98 Å². The van der Waals surface area contributed by atoms with Crippen LogP contribution in [0.5, 0.6) is 0 Å². The van der Waals surface area contributed by atoms with Gasteiger partial charge in [0.25, 0.3) is 0 Å². The van der Waals surface area contributed by atoms with Crippen molar-refractivity contribution in [2.45, 2.75) is 31.6 Å². The minimum absolute atomic E-state index is 0.0567. The highest BCUT2D eigenvalue weighted by molar-refractivity contribution is 6.00. The molecule has 1 saturated carbocycles. The summed E-state index contributed by atoms with van der Waals surface area (Å²) in [6, 6.07) is 9.36. The van der Waals surface area contributed by atoms with E-state index in [9.17, 15) is 13.6 Å². The Morgan fingerprint density at radius 3 is 2.65 bits per heavy atom. The van der Waals surface area contributed by atoms with Crippen LogP contribution >= 0.6 is 0 Å². The summed E-state index contributed by atoms with van der Waals surface area (Å²) in [7, 11) is 0. The molecule has 0 amide bonds. The Labute approximate surface area is 115 Å². The van der Waals surface area contributed by atoms with Crippen LogP contribution in [0.1, 0.15) is 36.0 Å². The van der Waals surface area contributed by atoms with Gasteiger partial charge >= 0.3 is 0 Å². The van der Waals surface area contributed by atoms with Gasteiger partial charge < -0.3 is 0 Å². The molecule has 1 aromatic heterocycles. The van der Waals surface area contributed by atoms with Gasteiger partial charge in [0, 0.05) is 35.9 Å². The van der Waals surface area contributed by atoms with Crippen molar-refractivity contribution < 1.29 is 13.6 Å². The molecule has 1 fully saturated rings. The lowest BCUT2D eigenvalue weighted by molar-refractivity contribution is -0.0424. The molecule has 0 radical (unpaired) electrons. The third kappa shape index (κ3) is 2.55. The zero-order valence-electron chi connectivity index (χ0n) is 11.0. The van der Waals surface area contributed by atoms with Crippen molar-refractivity contribution in [3.63, 3.8) is 0 Å². The normalized spacial score (nSPS) is 19.1. The summed E-state index contributed by atoms with van der Waals surface area (Å²) in [5.41, 5.74) is 1.36. The van der Waals surface area contributed by atoms with Gasteiger partial charge in [0.05, 0.1) is 5.52 Å². The van der Waals surface area contributed by atoms with Crippen molar-refractivity contribution >= 4 is 16.7 Å². The zero-order chi connectivity index (χ0) is 14.2. The van der Waals surface area contributed by atoms with E-state index in [0.717, 1.165) is 10.9 Å². The number of hydrogen-bond acceptors (Lipinski definition) is 2. The first-order chi connectivity index (χ1) is 9.55. The Morgan fingerprint density at radius 2 is 1.90 bits per heavy atom. The zero-order valence-corrected chi connectivity index (χ0v) is 11.0. The van der Waals surface area contributed by atoms with Crippen molar-refractivity contribution in [2.75, 3.05) is 0 Å². The van der Waals surface area contributed by atoms with Crippen LogP contribution in [-0.2, 0) is 0 Å². The molecule has 0 saturated heterocycles. The molecule has 2 nitrogen and oxygen atoms in total. The van der Waals surface area contributed by atoms with Crippen molar-refractivity contribution in [3.05, 3.63) is 42.1 Å². The van der Waals surface area contributed by atoms with Crippen molar-refractivity contribution in [3.8, 4) is 0 Å². The number of halogens is 2. The topological polar surface area (TPSA) is 30.0 Å². The van der Waals surface area contributed by atoms with E-state index < -0.39 is 5.92 Å². The Hall–Kier alpha value is -1.84. The van der Waals surface area contributed by atoms with Gasteiger partial charge in [-0.15, -0.1) is 0 Å². The number of ketones is 1. The summed E-state index contributed by atoms with van der Waals surface area (Å²) in [5.74, 6) is -2.95. The number of aromatic nitrogens is 1. The van der Waals surface area contributed by atoms with Crippen molar-refractivity contribution in [2.24, 2.45) is 5.92 Å². The lowest BCUT2D eigenvalue weighted by Gasteiger charge is -2.27. The van der Waals surface area contributed by atoms with E-state index >= 15 is 0 Å². The molecular formula is C16H15F2NO. The van der Waals surface area contributed by atoms with Crippen LogP contribution in [0.25, 0.3) is 10.9 Å². The minimum atomic E-state index is -2.60. The van der Waals surface area contributed by atoms with E-state index in [-0.39, 0.29) is 37.4 Å². The molecule has 0 aliphatic heterocycles. The summed E-state index contributed by atoms with van der Waals surface area (Å²) in [5, 5.41) is 0.902. The number of nitrogens with zero attached hydrogens (tertiary/aromatic N) is 1. The lowest BCUT2D eigenvalue weighted by Crippen LogP contribution is -2.28. The highest BCUT2D eigenvalue weighted by atomic mass is 19.3. The molecule has 2 aromatic rings. The Morgan fingerprint density at radius 1 is 1.20 bits per heavy atom. The number of pyridine rings is 1. The molecule has 1 aromatic carbocycles. The average Bonchev–Trinajstić information content (AvgIpc) is 2.46. The molecule has 0 atom stereocenters. The quantitative estimate of drug-likeness (QED) is 0.767. The Kier molecular flexibility index (Phi) is 3.24. The number of carbonyl (C=O) groups excluding carboxylic acids is 1. The molecule has 0 bridgehead atoms. The molecule has 1 heterocycles. The van der Waals surface area contributed by atoms with Crippen LogP contribution in [0.4, 0.5) is 8.78 Å². The second kappa shape index (κ2) is 4.93. The highest BCUT2D eigenvalue weighted by Gasteiger charge is 2.37. The number of rotatable bonds is 2. The van der Waals surface area contributed by atoms with Crippen LogP contribution in [-0.4, -0.2) is 16.7 Å². The van der Waals surface area contributed by atoms with Crippen LogP contribution in [0.3, 0.4) is 0 Å². The van der Waals surface area contributed by atoms with E-state index in [1.165, 1.54) is 0 Å². The van der Waals surface area contributed by atoms with Crippen LogP contribution in [0.15, 0.2) is 36.5 Å². The molecular weight excluding hydrogens is 260 g/mol. The number of hydrogen-bond donors (Lipinski definition) is 0. The van der Waals surface area contributed by atoms with Crippen molar-refractivity contribution in [1.82, 2.24) is 4.98 Å². The molecule has 0 N–H and O–H groups in total. The highest BCUT2D eigenvalue weighted by Crippen LogP contribution is 2.37. The summed E-state index contributed by atoms with van der Waals surface area (Å²) >= 11 is 0. The predicted molar refractivity (Wildman–Crippen MR) is 73.0 cm³/mol. The van der Waals surface area contributed by atoms with Crippen LogP contribution < -0.4 is 0 Å². The Bertz CT molecular complexity index is 644. The van der Waals surface area contributed by atoms with Gasteiger partial charge in [-0.05, 0) is 25.0 Å². The third-order valence-electron chi connectivity index (χ3n) is 3.96. The maximum atomic E-state index is 13.1. The predicted octanol–water partition coefficient (Wildman–Crippen LogP) is 4.24. The molecule has 1 aliphatic rings. The maximum absolute atomic E-state index is 13.1. The van der Waals surface area contributed by atoms with Gasteiger partial charge in [-0.25, -0.2) is 8.78 Å². The molecule has 0 unspecified atom stereocenters. The minimum Gasteiger partial charge on any atom is -0.294 e. The number of para-hydroxylation sites is 1. The van der Waals surface area contributed by atoms with Crippen LogP contribution in [0, 0.1) is 5.92 Å². The smallest absolute Gasteiger partial charge is 0.248 e. The first kappa shape index (κ1) is 13.2. The second-order valence-electron chi connectivity index (χ2n) is 5.41. The van der Waals surface area contributed by atoms with Gasteiger partial charge in [-0.1, -0.05) is 18.2 Å². The van der Waals surface area contributed by atoms with Crippen LogP contribution in [0.2, 0.25) is 0 Å². The third-order valence-corrected chi connectivity index (χ3v) is 3.96. The first-order valence-electron chi connectivity index (χ1n) is 6.82. The molecule has 0 spiro atoms. The Balaban J connectivity index is 1.82. The van der Waals surface area contributed by atoms with E-state index in [1.807, 2.05) is 24.3 Å². The van der Waals surface area contributed by atoms with E-state index in [0.29, 0.717) is 5.56 Å².